The zero-order valence-electron chi connectivity index (χ0n) is 17.7. The van der Waals surface area contributed by atoms with Gasteiger partial charge in [-0.25, -0.2) is 0 Å². The molecule has 1 amide bonds. The fraction of sp³-hybridized carbons (Fsp3) is 0.737. The van der Waals surface area contributed by atoms with Crippen LogP contribution in [-0.2, 0) is 11.3 Å². The lowest BCUT2D eigenvalue weighted by molar-refractivity contribution is -0.133. The first-order valence-corrected chi connectivity index (χ1v) is 9.77. The minimum atomic E-state index is 0. The second-order valence-corrected chi connectivity index (χ2v) is 7.51. The number of guanidine groups is 1. The predicted octanol–water partition coefficient (Wildman–Crippen LogP) is 2.02. The van der Waals surface area contributed by atoms with E-state index in [1.54, 1.807) is 11.9 Å². The smallest absolute Gasteiger partial charge is 0.239 e. The summed E-state index contributed by atoms with van der Waals surface area (Å²) < 4.78 is 5.33. The van der Waals surface area contributed by atoms with Gasteiger partial charge in [-0.2, -0.15) is 0 Å². The Bertz CT molecular complexity index is 632. The molecule has 2 N–H and O–H groups in total. The Labute approximate surface area is 185 Å². The number of nitrogens with one attached hydrogen (secondary N) is 2. The van der Waals surface area contributed by atoms with Crippen molar-refractivity contribution in [1.29, 1.82) is 0 Å². The highest BCUT2D eigenvalue weighted by Crippen LogP contribution is 2.18. The average molecular weight is 506 g/mol. The number of amides is 1. The molecule has 0 aliphatic carbocycles. The molecule has 1 aliphatic rings. The summed E-state index contributed by atoms with van der Waals surface area (Å²) in [5.41, 5.74) is 0.960. The monoisotopic (exact) mass is 506 g/mol. The molecule has 1 aromatic heterocycles. The summed E-state index contributed by atoms with van der Waals surface area (Å²) in [6.07, 6.45) is 3.01. The van der Waals surface area contributed by atoms with Gasteiger partial charge in [0.2, 0.25) is 5.91 Å². The van der Waals surface area contributed by atoms with E-state index in [0.29, 0.717) is 12.5 Å². The van der Waals surface area contributed by atoms with E-state index >= 15 is 0 Å². The van der Waals surface area contributed by atoms with E-state index in [1.807, 2.05) is 20.2 Å². The van der Waals surface area contributed by atoms with Gasteiger partial charge < -0.3 is 20.1 Å². The van der Waals surface area contributed by atoms with Gasteiger partial charge in [0, 0.05) is 40.3 Å². The Kier molecular flexibility index (Phi) is 10.8. The molecule has 0 spiro atoms. The first kappa shape index (κ1) is 24.7. The first-order valence-electron chi connectivity index (χ1n) is 9.77. The van der Waals surface area contributed by atoms with Gasteiger partial charge in [0.25, 0.3) is 0 Å². The number of carbonyl (C=O) groups is 1. The number of halogens is 1. The summed E-state index contributed by atoms with van der Waals surface area (Å²) in [4.78, 5) is 20.5. The Morgan fingerprint density at radius 2 is 2.18 bits per heavy atom. The van der Waals surface area contributed by atoms with Gasteiger partial charge in [-0.1, -0.05) is 19.0 Å². The van der Waals surface area contributed by atoms with Gasteiger partial charge in [0.15, 0.2) is 11.7 Å². The van der Waals surface area contributed by atoms with Crippen molar-refractivity contribution in [2.24, 2.45) is 4.99 Å². The Balaban J connectivity index is 0.00000392. The molecule has 8 nitrogen and oxygen atoms in total. The molecule has 1 atom stereocenters. The third-order valence-electron chi connectivity index (χ3n) is 4.83. The van der Waals surface area contributed by atoms with Gasteiger partial charge in [-0.15, -0.1) is 24.0 Å². The van der Waals surface area contributed by atoms with Crippen molar-refractivity contribution in [3.63, 3.8) is 0 Å². The minimum absolute atomic E-state index is 0. The van der Waals surface area contributed by atoms with E-state index in [4.69, 9.17) is 4.52 Å². The third kappa shape index (κ3) is 7.23. The number of likely N-dealkylation sites (tertiary alicyclic amines) is 1. The molecule has 1 aromatic rings. The minimum Gasteiger partial charge on any atom is -0.359 e. The van der Waals surface area contributed by atoms with Gasteiger partial charge in [-0.05, 0) is 31.7 Å². The van der Waals surface area contributed by atoms with Crippen molar-refractivity contribution >= 4 is 35.8 Å². The van der Waals surface area contributed by atoms with Crippen LogP contribution < -0.4 is 10.6 Å². The lowest BCUT2D eigenvalue weighted by Gasteiger charge is -2.26. The van der Waals surface area contributed by atoms with Crippen LogP contribution in [0.1, 0.15) is 50.5 Å². The van der Waals surface area contributed by atoms with Crippen LogP contribution in [0.5, 0.6) is 0 Å². The molecule has 1 aliphatic heterocycles. The Morgan fingerprint density at radius 3 is 2.79 bits per heavy atom. The van der Waals surface area contributed by atoms with Crippen LogP contribution in [0.15, 0.2) is 15.6 Å². The highest BCUT2D eigenvalue weighted by Gasteiger charge is 2.30. The van der Waals surface area contributed by atoms with E-state index in [0.717, 1.165) is 56.3 Å². The standard InChI is InChI=1S/C19H34N6O2.HI/c1-14(2)16-12-15(27-23-16)13-22-19(20-3)21-9-7-11-25-10-6-8-17(25)18(26)24(4)5;/h12,14,17H,6-11,13H2,1-5H3,(H2,20,21,22);1H. The molecule has 2 rings (SSSR count). The van der Waals surface area contributed by atoms with Gasteiger partial charge in [-0.3, -0.25) is 14.7 Å². The van der Waals surface area contributed by atoms with Gasteiger partial charge in [0.1, 0.15) is 0 Å². The first-order chi connectivity index (χ1) is 12.9. The van der Waals surface area contributed by atoms with E-state index in [1.165, 1.54) is 0 Å². The van der Waals surface area contributed by atoms with Crippen LogP contribution in [0.25, 0.3) is 0 Å². The maximum absolute atomic E-state index is 12.2. The van der Waals surface area contributed by atoms with Crippen LogP contribution in [0.2, 0.25) is 0 Å². The van der Waals surface area contributed by atoms with E-state index in [2.05, 4.69) is 39.5 Å². The van der Waals surface area contributed by atoms with Crippen molar-refractivity contribution in [3.05, 3.63) is 17.5 Å². The molecule has 0 radical (unpaired) electrons. The number of hydrogen-bond donors (Lipinski definition) is 2. The van der Waals surface area contributed by atoms with E-state index in [9.17, 15) is 4.79 Å². The van der Waals surface area contributed by atoms with Crippen molar-refractivity contribution in [2.45, 2.75) is 51.6 Å². The maximum Gasteiger partial charge on any atom is 0.239 e. The number of nitrogens with zero attached hydrogens (tertiary/aromatic N) is 4. The van der Waals surface area contributed by atoms with Crippen LogP contribution in [0.4, 0.5) is 0 Å². The number of likely N-dealkylation sites (N-methyl/N-ethyl adjacent to an activating group) is 1. The van der Waals surface area contributed by atoms with Crippen LogP contribution >= 0.6 is 24.0 Å². The molecular weight excluding hydrogens is 471 g/mol. The maximum atomic E-state index is 12.2. The molecule has 160 valence electrons. The molecular formula is C19H35IN6O2. The topological polar surface area (TPSA) is 86.0 Å². The Morgan fingerprint density at radius 1 is 1.43 bits per heavy atom. The fourth-order valence-corrected chi connectivity index (χ4v) is 3.24. The SMILES string of the molecule is CN=C(NCCCN1CCCC1C(=O)N(C)C)NCc1cc(C(C)C)no1.I. The van der Waals surface area contributed by atoms with Crippen LogP contribution in [0.3, 0.4) is 0 Å². The molecule has 1 fully saturated rings. The quantitative estimate of drug-likeness (QED) is 0.243. The molecule has 9 heteroatoms. The second-order valence-electron chi connectivity index (χ2n) is 7.51. The molecule has 1 unspecified atom stereocenters. The summed E-state index contributed by atoms with van der Waals surface area (Å²) in [6.45, 7) is 7.44. The highest BCUT2D eigenvalue weighted by molar-refractivity contribution is 14.0. The number of hydrogen-bond acceptors (Lipinski definition) is 5. The summed E-state index contributed by atoms with van der Waals surface area (Å²) in [6, 6.07) is 2.01. The molecule has 28 heavy (non-hydrogen) atoms. The van der Waals surface area contributed by atoms with Gasteiger partial charge >= 0.3 is 0 Å². The molecule has 0 aromatic carbocycles. The lowest BCUT2D eigenvalue weighted by atomic mass is 10.1. The van der Waals surface area contributed by atoms with Crippen LogP contribution in [0, 0.1) is 0 Å². The number of rotatable bonds is 8. The Hall–Kier alpha value is -1.36. The third-order valence-corrected chi connectivity index (χ3v) is 4.83. The zero-order valence-corrected chi connectivity index (χ0v) is 20.0. The lowest BCUT2D eigenvalue weighted by Crippen LogP contribution is -2.44. The van der Waals surface area contributed by atoms with Gasteiger partial charge in [0.05, 0.1) is 18.3 Å². The van der Waals surface area contributed by atoms with E-state index < -0.39 is 0 Å². The van der Waals surface area contributed by atoms with Crippen molar-refractivity contribution in [1.82, 2.24) is 25.6 Å². The number of aliphatic imine (C=N–C) groups is 1. The largest absolute Gasteiger partial charge is 0.359 e. The highest BCUT2D eigenvalue weighted by atomic mass is 127. The number of carbonyl (C=O) groups excluding carboxylic acids is 1. The molecule has 2 heterocycles. The predicted molar refractivity (Wildman–Crippen MR) is 122 cm³/mol. The summed E-state index contributed by atoms with van der Waals surface area (Å²) in [5, 5.41) is 10.6. The normalized spacial score (nSPS) is 17.5. The van der Waals surface area contributed by atoms with Crippen molar-refractivity contribution in [3.8, 4) is 0 Å². The molecule has 1 saturated heterocycles. The average Bonchev–Trinajstić information content (AvgIpc) is 3.29. The van der Waals surface area contributed by atoms with Crippen LogP contribution in [-0.4, -0.2) is 73.6 Å². The summed E-state index contributed by atoms with van der Waals surface area (Å²) in [7, 11) is 5.41. The molecule has 0 saturated carbocycles. The van der Waals surface area contributed by atoms with E-state index in [-0.39, 0.29) is 35.9 Å². The summed E-state index contributed by atoms with van der Waals surface area (Å²) >= 11 is 0. The van der Waals surface area contributed by atoms with Crippen molar-refractivity contribution in [2.75, 3.05) is 40.8 Å². The zero-order chi connectivity index (χ0) is 19.8. The second kappa shape index (κ2) is 12.3. The van der Waals surface area contributed by atoms with Crippen molar-refractivity contribution < 1.29 is 9.32 Å². The fourth-order valence-electron chi connectivity index (χ4n) is 3.24. The summed E-state index contributed by atoms with van der Waals surface area (Å²) in [5.74, 6) is 2.10. The number of aromatic nitrogens is 1. The molecule has 0 bridgehead atoms.